The molecule has 1 heterocycles. The number of carbonyl (C=O) groups excluding carboxylic acids is 1. The van der Waals surface area contributed by atoms with Crippen LogP contribution in [0.4, 0.5) is 0 Å². The Morgan fingerprint density at radius 1 is 1.33 bits per heavy atom. The number of aliphatic carboxylic acids is 1. The third-order valence-corrected chi connectivity index (χ3v) is 3.45. The number of benzene rings is 1. The van der Waals surface area contributed by atoms with Gasteiger partial charge in [-0.05, 0) is 31.9 Å². The molecular formula is C14H17NO3. The Morgan fingerprint density at radius 2 is 2.06 bits per heavy atom. The summed E-state index contributed by atoms with van der Waals surface area (Å²) >= 11 is 0. The van der Waals surface area contributed by atoms with Gasteiger partial charge in [0.2, 0.25) is 0 Å². The lowest BCUT2D eigenvalue weighted by atomic mass is 10.0. The zero-order chi connectivity index (χ0) is 13.3. The second kappa shape index (κ2) is 4.80. The summed E-state index contributed by atoms with van der Waals surface area (Å²) in [5.41, 5.74) is 2.66. The van der Waals surface area contributed by atoms with Crippen LogP contribution >= 0.6 is 0 Å². The van der Waals surface area contributed by atoms with E-state index in [1.165, 1.54) is 0 Å². The minimum atomic E-state index is -0.814. The first-order valence-corrected chi connectivity index (χ1v) is 6.08. The maximum atomic E-state index is 12.3. The molecule has 1 fully saturated rings. The zero-order valence-corrected chi connectivity index (χ0v) is 10.6. The van der Waals surface area contributed by atoms with Gasteiger partial charge >= 0.3 is 5.97 Å². The van der Waals surface area contributed by atoms with Crippen LogP contribution in [-0.4, -0.2) is 35.0 Å². The van der Waals surface area contributed by atoms with Gasteiger partial charge in [0, 0.05) is 18.7 Å². The molecule has 1 unspecified atom stereocenters. The van der Waals surface area contributed by atoms with E-state index in [0.717, 1.165) is 11.1 Å². The Bertz CT molecular complexity index is 496. The Labute approximate surface area is 106 Å². The topological polar surface area (TPSA) is 57.6 Å². The van der Waals surface area contributed by atoms with Gasteiger partial charge in [-0.1, -0.05) is 17.7 Å². The van der Waals surface area contributed by atoms with Crippen LogP contribution in [0.25, 0.3) is 0 Å². The maximum Gasteiger partial charge on any atom is 0.308 e. The van der Waals surface area contributed by atoms with Crippen molar-refractivity contribution in [2.24, 2.45) is 5.92 Å². The number of rotatable bonds is 2. The molecule has 1 saturated heterocycles. The lowest BCUT2D eigenvalue weighted by Gasteiger charge is -2.17. The summed E-state index contributed by atoms with van der Waals surface area (Å²) in [6, 6.07) is 5.76. The summed E-state index contributed by atoms with van der Waals surface area (Å²) in [5, 5.41) is 8.94. The molecule has 96 valence electrons. The highest BCUT2D eigenvalue weighted by molar-refractivity contribution is 5.96. The lowest BCUT2D eigenvalue weighted by Crippen LogP contribution is -2.30. The van der Waals surface area contributed by atoms with Crippen molar-refractivity contribution in [3.8, 4) is 0 Å². The summed E-state index contributed by atoms with van der Waals surface area (Å²) in [6.07, 6.45) is 0.548. The van der Waals surface area contributed by atoms with Crippen molar-refractivity contribution in [2.75, 3.05) is 13.1 Å². The van der Waals surface area contributed by atoms with Crippen molar-refractivity contribution in [1.29, 1.82) is 0 Å². The van der Waals surface area contributed by atoms with Gasteiger partial charge in [0.1, 0.15) is 0 Å². The largest absolute Gasteiger partial charge is 0.481 e. The summed E-state index contributed by atoms with van der Waals surface area (Å²) < 4.78 is 0. The minimum Gasteiger partial charge on any atom is -0.481 e. The van der Waals surface area contributed by atoms with E-state index in [0.29, 0.717) is 25.1 Å². The molecule has 4 heteroatoms. The Morgan fingerprint density at radius 3 is 2.67 bits per heavy atom. The predicted molar refractivity (Wildman–Crippen MR) is 67.6 cm³/mol. The lowest BCUT2D eigenvalue weighted by molar-refractivity contribution is -0.141. The second-order valence-corrected chi connectivity index (χ2v) is 4.89. The van der Waals surface area contributed by atoms with Gasteiger partial charge in [-0.3, -0.25) is 9.59 Å². The highest BCUT2D eigenvalue weighted by Crippen LogP contribution is 2.21. The Hall–Kier alpha value is -1.84. The monoisotopic (exact) mass is 247 g/mol. The average Bonchev–Trinajstić information content (AvgIpc) is 2.81. The molecule has 0 spiro atoms. The van der Waals surface area contributed by atoms with Gasteiger partial charge in [0.25, 0.3) is 5.91 Å². The van der Waals surface area contributed by atoms with Gasteiger partial charge in [-0.25, -0.2) is 0 Å². The summed E-state index contributed by atoms with van der Waals surface area (Å²) in [4.78, 5) is 24.8. The number of hydrogen-bond donors (Lipinski definition) is 1. The number of aryl methyl sites for hydroxylation is 2. The van der Waals surface area contributed by atoms with Crippen molar-refractivity contribution >= 4 is 11.9 Å². The van der Waals surface area contributed by atoms with Crippen molar-refractivity contribution in [2.45, 2.75) is 20.3 Å². The number of carboxylic acids is 1. The normalized spacial score (nSPS) is 19.0. The molecule has 1 atom stereocenters. The molecule has 0 bridgehead atoms. The number of hydrogen-bond acceptors (Lipinski definition) is 2. The molecule has 0 aromatic heterocycles. The van der Waals surface area contributed by atoms with E-state index in [-0.39, 0.29) is 5.91 Å². The molecule has 0 radical (unpaired) electrons. The molecule has 0 aliphatic carbocycles. The van der Waals surface area contributed by atoms with Crippen LogP contribution in [-0.2, 0) is 4.79 Å². The average molecular weight is 247 g/mol. The van der Waals surface area contributed by atoms with Crippen molar-refractivity contribution in [3.05, 3.63) is 34.9 Å². The van der Waals surface area contributed by atoms with Gasteiger partial charge < -0.3 is 10.0 Å². The van der Waals surface area contributed by atoms with E-state index in [1.54, 1.807) is 4.90 Å². The molecule has 1 aromatic rings. The summed E-state index contributed by atoms with van der Waals surface area (Å²) in [7, 11) is 0. The van der Waals surface area contributed by atoms with Crippen molar-refractivity contribution in [3.63, 3.8) is 0 Å². The predicted octanol–water partition coefficient (Wildman–Crippen LogP) is 1.85. The van der Waals surface area contributed by atoms with E-state index >= 15 is 0 Å². The van der Waals surface area contributed by atoms with E-state index in [1.807, 2.05) is 32.0 Å². The first-order chi connectivity index (χ1) is 8.49. The van der Waals surface area contributed by atoms with Crippen LogP contribution in [0.3, 0.4) is 0 Å². The standard InChI is InChI=1S/C14H17NO3/c1-9-3-4-10(2)12(7-9)13(16)15-6-5-11(8-15)14(17)18/h3-4,7,11H,5-6,8H2,1-2H3,(H,17,18). The highest BCUT2D eigenvalue weighted by Gasteiger charge is 2.31. The van der Waals surface area contributed by atoms with Crippen LogP contribution in [0, 0.1) is 19.8 Å². The van der Waals surface area contributed by atoms with Crippen LogP contribution in [0.15, 0.2) is 18.2 Å². The smallest absolute Gasteiger partial charge is 0.308 e. The van der Waals surface area contributed by atoms with E-state index in [2.05, 4.69) is 0 Å². The zero-order valence-electron chi connectivity index (χ0n) is 10.6. The molecule has 4 nitrogen and oxygen atoms in total. The van der Waals surface area contributed by atoms with Crippen LogP contribution in [0.5, 0.6) is 0 Å². The van der Waals surface area contributed by atoms with Crippen LogP contribution < -0.4 is 0 Å². The minimum absolute atomic E-state index is 0.0556. The number of nitrogens with zero attached hydrogens (tertiary/aromatic N) is 1. The molecule has 1 aliphatic rings. The first kappa shape index (κ1) is 12.6. The fourth-order valence-corrected chi connectivity index (χ4v) is 2.28. The molecule has 1 amide bonds. The Balaban J connectivity index is 2.17. The Kier molecular flexibility index (Phi) is 3.36. The second-order valence-electron chi connectivity index (χ2n) is 4.89. The van der Waals surface area contributed by atoms with E-state index in [9.17, 15) is 9.59 Å². The molecule has 1 N–H and O–H groups in total. The first-order valence-electron chi connectivity index (χ1n) is 6.08. The van der Waals surface area contributed by atoms with Crippen molar-refractivity contribution < 1.29 is 14.7 Å². The van der Waals surface area contributed by atoms with Crippen LogP contribution in [0.2, 0.25) is 0 Å². The molecular weight excluding hydrogens is 230 g/mol. The number of carbonyl (C=O) groups is 2. The molecule has 1 aliphatic heterocycles. The van der Waals surface area contributed by atoms with Crippen LogP contribution in [0.1, 0.15) is 27.9 Å². The molecule has 18 heavy (non-hydrogen) atoms. The fourth-order valence-electron chi connectivity index (χ4n) is 2.28. The van der Waals surface area contributed by atoms with Gasteiger partial charge in [-0.2, -0.15) is 0 Å². The highest BCUT2D eigenvalue weighted by atomic mass is 16.4. The van der Waals surface area contributed by atoms with Crippen molar-refractivity contribution in [1.82, 2.24) is 4.90 Å². The molecule has 0 saturated carbocycles. The van der Waals surface area contributed by atoms with E-state index in [4.69, 9.17) is 5.11 Å². The van der Waals surface area contributed by atoms with Gasteiger partial charge in [0.05, 0.1) is 5.92 Å². The van der Waals surface area contributed by atoms with Gasteiger partial charge in [-0.15, -0.1) is 0 Å². The SMILES string of the molecule is Cc1ccc(C)c(C(=O)N2CCC(C(=O)O)C2)c1. The fraction of sp³-hybridized carbons (Fsp3) is 0.429. The van der Waals surface area contributed by atoms with Gasteiger partial charge in [0.15, 0.2) is 0 Å². The summed E-state index contributed by atoms with van der Waals surface area (Å²) in [6.45, 7) is 4.70. The quantitative estimate of drug-likeness (QED) is 0.867. The summed E-state index contributed by atoms with van der Waals surface area (Å²) in [5.74, 6) is -1.29. The number of likely N-dealkylation sites (tertiary alicyclic amines) is 1. The van der Waals surface area contributed by atoms with E-state index < -0.39 is 11.9 Å². The number of amides is 1. The molecule has 2 rings (SSSR count). The number of carboxylic acid groups (broad SMARTS) is 1. The molecule has 1 aromatic carbocycles. The third kappa shape index (κ3) is 2.37. The maximum absolute atomic E-state index is 12.3. The third-order valence-electron chi connectivity index (χ3n) is 3.45.